The second kappa shape index (κ2) is 6.07. The van der Waals surface area contributed by atoms with Crippen LogP contribution in [0.15, 0.2) is 48.5 Å². The van der Waals surface area contributed by atoms with Crippen molar-refractivity contribution >= 4 is 29.2 Å². The number of carboxylic acid groups (broad SMARTS) is 1. The van der Waals surface area contributed by atoms with Crippen LogP contribution in [0.2, 0.25) is 10.0 Å². The highest BCUT2D eigenvalue weighted by molar-refractivity contribution is 6.35. The molecule has 0 aliphatic carbocycles. The molecule has 1 aromatic heterocycles. The zero-order valence-electron chi connectivity index (χ0n) is 11.6. The van der Waals surface area contributed by atoms with E-state index in [0.717, 1.165) is 0 Å². The predicted octanol–water partition coefficient (Wildman–Crippen LogP) is 5.49. The summed E-state index contributed by atoms with van der Waals surface area (Å²) in [4.78, 5) is 14.1. The van der Waals surface area contributed by atoms with Crippen LogP contribution < -0.4 is 0 Å². The van der Waals surface area contributed by atoms with E-state index in [1.807, 2.05) is 0 Å². The van der Waals surface area contributed by atoms with Gasteiger partial charge in [-0.2, -0.15) is 0 Å². The number of benzene rings is 2. The van der Waals surface area contributed by atoms with E-state index in [1.54, 1.807) is 30.3 Å². The van der Waals surface area contributed by atoms with Crippen LogP contribution in [-0.4, -0.2) is 16.1 Å². The number of aromatic carboxylic acids is 1. The first-order valence-electron chi connectivity index (χ1n) is 6.64. The third kappa shape index (κ3) is 2.96. The number of hydrogen-bond donors (Lipinski definition) is 2. The molecule has 3 rings (SSSR count). The second-order valence-electron chi connectivity index (χ2n) is 4.89. The van der Waals surface area contributed by atoms with Crippen LogP contribution >= 0.6 is 23.2 Å². The van der Waals surface area contributed by atoms with Crippen LogP contribution in [0.1, 0.15) is 10.5 Å². The monoisotopic (exact) mass is 349 g/mol. The van der Waals surface area contributed by atoms with Crippen LogP contribution in [0.3, 0.4) is 0 Å². The lowest BCUT2D eigenvalue weighted by Crippen LogP contribution is -1.99. The summed E-state index contributed by atoms with van der Waals surface area (Å²) in [6, 6.07) is 13.1. The van der Waals surface area contributed by atoms with E-state index in [9.17, 15) is 14.3 Å². The third-order valence-corrected chi connectivity index (χ3v) is 3.80. The van der Waals surface area contributed by atoms with Gasteiger partial charge in [0, 0.05) is 15.6 Å². The number of H-pyrrole nitrogens is 1. The van der Waals surface area contributed by atoms with E-state index < -0.39 is 11.8 Å². The lowest BCUT2D eigenvalue weighted by Gasteiger charge is -2.03. The van der Waals surface area contributed by atoms with Crippen LogP contribution in [0, 0.1) is 5.82 Å². The average molecular weight is 350 g/mol. The third-order valence-electron chi connectivity index (χ3n) is 3.37. The SMILES string of the molecule is O=C(O)c1[nH]c(-c2ccccc2)c(F)c1-c1cc(Cl)cc(Cl)c1. The first kappa shape index (κ1) is 15.6. The number of hydrogen-bond acceptors (Lipinski definition) is 1. The minimum Gasteiger partial charge on any atom is -0.477 e. The van der Waals surface area contributed by atoms with E-state index in [2.05, 4.69) is 4.98 Å². The summed E-state index contributed by atoms with van der Waals surface area (Å²) < 4.78 is 14.9. The Morgan fingerprint density at radius 1 is 1.00 bits per heavy atom. The maximum atomic E-state index is 14.9. The first-order chi connectivity index (χ1) is 11.0. The lowest BCUT2D eigenvalue weighted by molar-refractivity contribution is 0.0692. The molecule has 0 saturated carbocycles. The number of carboxylic acids is 1. The maximum absolute atomic E-state index is 14.9. The van der Waals surface area contributed by atoms with Crippen molar-refractivity contribution in [1.82, 2.24) is 4.98 Å². The Balaban J connectivity index is 2.28. The molecule has 0 spiro atoms. The van der Waals surface area contributed by atoms with Gasteiger partial charge in [-0.15, -0.1) is 0 Å². The average Bonchev–Trinajstić information content (AvgIpc) is 2.85. The molecule has 0 atom stereocenters. The van der Waals surface area contributed by atoms with Crippen molar-refractivity contribution in [2.45, 2.75) is 0 Å². The van der Waals surface area contributed by atoms with Gasteiger partial charge in [0.1, 0.15) is 5.69 Å². The largest absolute Gasteiger partial charge is 0.477 e. The topological polar surface area (TPSA) is 53.1 Å². The molecule has 2 aromatic carbocycles. The Bertz CT molecular complexity index is 871. The van der Waals surface area contributed by atoms with Crippen LogP contribution in [0.25, 0.3) is 22.4 Å². The molecule has 23 heavy (non-hydrogen) atoms. The quantitative estimate of drug-likeness (QED) is 0.656. The first-order valence-corrected chi connectivity index (χ1v) is 7.39. The number of aromatic nitrogens is 1. The molecule has 0 amide bonds. The Hall–Kier alpha value is -2.30. The minimum absolute atomic E-state index is 0.0687. The van der Waals surface area contributed by atoms with E-state index in [0.29, 0.717) is 21.2 Å². The van der Waals surface area contributed by atoms with Crippen molar-refractivity contribution in [3.05, 3.63) is 70.1 Å². The summed E-state index contributed by atoms with van der Waals surface area (Å²) in [6.07, 6.45) is 0. The van der Waals surface area contributed by atoms with Gasteiger partial charge >= 0.3 is 5.97 Å². The van der Waals surface area contributed by atoms with Gasteiger partial charge in [0.15, 0.2) is 5.82 Å². The molecule has 3 aromatic rings. The number of aromatic amines is 1. The normalized spacial score (nSPS) is 10.7. The molecule has 0 aliphatic heterocycles. The van der Waals surface area contributed by atoms with E-state index in [1.165, 1.54) is 18.2 Å². The number of nitrogens with one attached hydrogen (secondary N) is 1. The Kier molecular flexibility index (Phi) is 4.11. The Labute approximate surface area is 141 Å². The molecule has 116 valence electrons. The fraction of sp³-hybridized carbons (Fsp3) is 0. The van der Waals surface area contributed by atoms with Crippen molar-refractivity contribution < 1.29 is 14.3 Å². The number of halogens is 3. The van der Waals surface area contributed by atoms with Gasteiger partial charge in [0.05, 0.1) is 11.3 Å². The van der Waals surface area contributed by atoms with Crippen molar-refractivity contribution in [3.63, 3.8) is 0 Å². The zero-order valence-corrected chi connectivity index (χ0v) is 13.1. The molecule has 0 unspecified atom stereocenters. The molecule has 1 heterocycles. The fourth-order valence-electron chi connectivity index (χ4n) is 2.41. The molecule has 0 bridgehead atoms. The smallest absolute Gasteiger partial charge is 0.353 e. The number of carbonyl (C=O) groups is 1. The zero-order chi connectivity index (χ0) is 16.6. The van der Waals surface area contributed by atoms with Gasteiger partial charge in [-0.1, -0.05) is 53.5 Å². The van der Waals surface area contributed by atoms with Crippen molar-refractivity contribution in [3.8, 4) is 22.4 Å². The number of rotatable bonds is 3. The Morgan fingerprint density at radius 2 is 1.61 bits per heavy atom. The minimum atomic E-state index is -1.27. The van der Waals surface area contributed by atoms with Gasteiger partial charge in [-0.25, -0.2) is 9.18 Å². The highest BCUT2D eigenvalue weighted by Crippen LogP contribution is 2.36. The molecule has 0 saturated heterocycles. The molecular weight excluding hydrogens is 340 g/mol. The summed E-state index contributed by atoms with van der Waals surface area (Å²) in [6.45, 7) is 0. The summed E-state index contributed by atoms with van der Waals surface area (Å²) >= 11 is 11.9. The molecule has 2 N–H and O–H groups in total. The molecule has 6 heteroatoms. The summed E-state index contributed by atoms with van der Waals surface area (Å²) in [5.41, 5.74) is 0.636. The molecule has 3 nitrogen and oxygen atoms in total. The van der Waals surface area contributed by atoms with Crippen LogP contribution in [-0.2, 0) is 0 Å². The molecular formula is C17H10Cl2FNO2. The predicted molar refractivity (Wildman–Crippen MR) is 88.6 cm³/mol. The van der Waals surface area contributed by atoms with Crippen molar-refractivity contribution in [2.24, 2.45) is 0 Å². The van der Waals surface area contributed by atoms with E-state index in [-0.39, 0.29) is 17.0 Å². The fourth-order valence-corrected chi connectivity index (χ4v) is 2.94. The Morgan fingerprint density at radius 3 is 2.17 bits per heavy atom. The summed E-state index contributed by atoms with van der Waals surface area (Å²) in [5, 5.41) is 9.98. The van der Waals surface area contributed by atoms with E-state index in [4.69, 9.17) is 23.2 Å². The van der Waals surface area contributed by atoms with Gasteiger partial charge < -0.3 is 10.1 Å². The van der Waals surface area contributed by atoms with Crippen molar-refractivity contribution in [2.75, 3.05) is 0 Å². The summed E-state index contributed by atoms with van der Waals surface area (Å²) in [7, 11) is 0. The molecule has 0 radical (unpaired) electrons. The van der Waals surface area contributed by atoms with Gasteiger partial charge in [0.25, 0.3) is 0 Å². The maximum Gasteiger partial charge on any atom is 0.353 e. The van der Waals surface area contributed by atoms with E-state index >= 15 is 0 Å². The van der Waals surface area contributed by atoms with Crippen LogP contribution in [0.5, 0.6) is 0 Å². The standard InChI is InChI=1S/C17H10Cl2FNO2/c18-11-6-10(7-12(19)8-11)13-14(20)15(21-16(13)17(22)23)9-4-2-1-3-5-9/h1-8,21H,(H,22,23). The van der Waals surface area contributed by atoms with Gasteiger partial charge in [-0.05, 0) is 23.8 Å². The van der Waals surface area contributed by atoms with Crippen LogP contribution in [0.4, 0.5) is 4.39 Å². The second-order valence-corrected chi connectivity index (χ2v) is 5.77. The molecule has 0 fully saturated rings. The van der Waals surface area contributed by atoms with Crippen molar-refractivity contribution in [1.29, 1.82) is 0 Å². The lowest BCUT2D eigenvalue weighted by atomic mass is 10.0. The summed E-state index contributed by atoms with van der Waals surface area (Å²) in [5.74, 6) is -1.93. The van der Waals surface area contributed by atoms with Gasteiger partial charge in [0.2, 0.25) is 0 Å². The molecule has 0 aliphatic rings. The van der Waals surface area contributed by atoms with Gasteiger partial charge in [-0.3, -0.25) is 0 Å². The highest BCUT2D eigenvalue weighted by Gasteiger charge is 2.24. The highest BCUT2D eigenvalue weighted by atomic mass is 35.5.